The molecule has 1 heterocycles. The van der Waals surface area contributed by atoms with Crippen LogP contribution in [0.25, 0.3) is 0 Å². The molecule has 1 atom stereocenters. The van der Waals surface area contributed by atoms with Crippen LogP contribution in [0.15, 0.2) is 12.3 Å². The Bertz CT molecular complexity index is 321. The fraction of sp³-hybridized carbons (Fsp3) is 0.600. The Morgan fingerprint density at radius 3 is 3.00 bits per heavy atom. The predicted molar refractivity (Wildman–Crippen MR) is 58.1 cm³/mol. The fourth-order valence-corrected chi connectivity index (χ4v) is 1.49. The molecule has 1 amide bonds. The Hall–Kier alpha value is -1.36. The first-order valence-corrected chi connectivity index (χ1v) is 5.11. The molecule has 1 aromatic heterocycles. The Morgan fingerprint density at radius 2 is 2.47 bits per heavy atom. The average Bonchev–Trinajstić information content (AvgIpc) is 2.58. The van der Waals surface area contributed by atoms with Gasteiger partial charge >= 0.3 is 0 Å². The van der Waals surface area contributed by atoms with Crippen LogP contribution in [-0.2, 0) is 11.8 Å². The predicted octanol–water partition coefficient (Wildman–Crippen LogP) is 0.336. The quantitative estimate of drug-likeness (QED) is 0.665. The number of aryl methyl sites for hydroxylation is 1. The lowest BCUT2D eigenvalue weighted by molar-refractivity contribution is -0.118. The van der Waals surface area contributed by atoms with E-state index in [9.17, 15) is 4.79 Å². The second-order valence-corrected chi connectivity index (χ2v) is 3.63. The molecule has 15 heavy (non-hydrogen) atoms. The van der Waals surface area contributed by atoms with Crippen LogP contribution in [0, 0.1) is 0 Å². The van der Waals surface area contributed by atoms with Crippen LogP contribution in [0.4, 0.5) is 0 Å². The maximum Gasteiger partial charge on any atom is 0.217 e. The number of nitrogens with two attached hydrogens (primary N) is 1. The molecule has 0 aromatic carbocycles. The Kier molecular flexibility index (Phi) is 4.30. The minimum Gasteiger partial charge on any atom is -0.370 e. The first-order valence-electron chi connectivity index (χ1n) is 5.11. The average molecular weight is 210 g/mol. The second-order valence-electron chi connectivity index (χ2n) is 3.63. The normalized spacial score (nSPS) is 12.7. The molecule has 0 bridgehead atoms. The van der Waals surface area contributed by atoms with Crippen molar-refractivity contribution < 1.29 is 4.79 Å². The number of nitrogens with one attached hydrogen (secondary N) is 1. The summed E-state index contributed by atoms with van der Waals surface area (Å²) in [5.41, 5.74) is 6.18. The molecule has 0 saturated heterocycles. The highest BCUT2D eigenvalue weighted by atomic mass is 16.1. The fourth-order valence-electron chi connectivity index (χ4n) is 1.49. The highest BCUT2D eigenvalue weighted by molar-refractivity contribution is 5.73. The monoisotopic (exact) mass is 210 g/mol. The third-order valence-electron chi connectivity index (χ3n) is 2.35. The van der Waals surface area contributed by atoms with Gasteiger partial charge in [-0.15, -0.1) is 0 Å². The lowest BCUT2D eigenvalue weighted by Gasteiger charge is -2.13. The van der Waals surface area contributed by atoms with E-state index in [0.29, 0.717) is 6.42 Å². The molecule has 3 N–H and O–H groups in total. The minimum atomic E-state index is -0.245. The van der Waals surface area contributed by atoms with E-state index in [1.807, 2.05) is 17.8 Å². The number of rotatable bonds is 6. The van der Waals surface area contributed by atoms with E-state index in [0.717, 1.165) is 18.7 Å². The first kappa shape index (κ1) is 11.7. The third-order valence-corrected chi connectivity index (χ3v) is 2.35. The molecule has 0 aliphatic rings. The van der Waals surface area contributed by atoms with Crippen LogP contribution >= 0.6 is 0 Å². The summed E-state index contributed by atoms with van der Waals surface area (Å²) in [6.07, 6.45) is 2.99. The molecule has 0 aliphatic heterocycles. The highest BCUT2D eigenvalue weighted by Gasteiger charge is 2.07. The topological polar surface area (TPSA) is 72.9 Å². The number of primary amides is 1. The van der Waals surface area contributed by atoms with E-state index in [4.69, 9.17) is 5.73 Å². The maximum absolute atomic E-state index is 10.5. The van der Waals surface area contributed by atoms with Crippen molar-refractivity contribution in [3.8, 4) is 0 Å². The zero-order chi connectivity index (χ0) is 11.3. The molecule has 0 fully saturated rings. The van der Waals surface area contributed by atoms with Crippen LogP contribution in [0.2, 0.25) is 0 Å². The van der Waals surface area contributed by atoms with Gasteiger partial charge in [-0.2, -0.15) is 5.10 Å². The van der Waals surface area contributed by atoms with Crippen molar-refractivity contribution in [3.63, 3.8) is 0 Å². The van der Waals surface area contributed by atoms with Gasteiger partial charge in [-0.05, 0) is 26.0 Å². The third kappa shape index (κ3) is 3.71. The summed E-state index contributed by atoms with van der Waals surface area (Å²) in [7, 11) is 1.91. The van der Waals surface area contributed by atoms with E-state index in [-0.39, 0.29) is 11.9 Å². The van der Waals surface area contributed by atoms with Gasteiger partial charge in [-0.1, -0.05) is 0 Å². The lowest BCUT2D eigenvalue weighted by atomic mass is 10.2. The van der Waals surface area contributed by atoms with Gasteiger partial charge in [-0.3, -0.25) is 9.48 Å². The van der Waals surface area contributed by atoms with Crippen molar-refractivity contribution in [1.29, 1.82) is 0 Å². The van der Waals surface area contributed by atoms with Crippen molar-refractivity contribution in [1.82, 2.24) is 15.1 Å². The van der Waals surface area contributed by atoms with Gasteiger partial charge in [0.2, 0.25) is 5.91 Å². The first-order chi connectivity index (χ1) is 7.11. The Labute approximate surface area is 89.6 Å². The van der Waals surface area contributed by atoms with Crippen molar-refractivity contribution in [2.75, 3.05) is 6.54 Å². The number of carbonyl (C=O) groups is 1. The Balaban J connectivity index is 2.28. The standard InChI is InChI=1S/C10H18N4O/c1-8(9-5-7-13-14(9)2)12-6-3-4-10(11)15/h5,7-8,12H,3-4,6H2,1-2H3,(H2,11,15). The molecule has 1 aromatic rings. The van der Waals surface area contributed by atoms with Crippen LogP contribution in [0.5, 0.6) is 0 Å². The summed E-state index contributed by atoms with van der Waals surface area (Å²) in [5.74, 6) is -0.245. The molecule has 0 spiro atoms. The second kappa shape index (κ2) is 5.50. The van der Waals surface area contributed by atoms with E-state index in [1.165, 1.54) is 0 Å². The smallest absolute Gasteiger partial charge is 0.217 e. The molecule has 0 radical (unpaired) electrons. The molecule has 1 rings (SSSR count). The summed E-state index contributed by atoms with van der Waals surface area (Å²) in [6.45, 7) is 2.86. The van der Waals surface area contributed by atoms with Crippen molar-refractivity contribution in [2.24, 2.45) is 12.8 Å². The summed E-state index contributed by atoms with van der Waals surface area (Å²) >= 11 is 0. The van der Waals surface area contributed by atoms with E-state index < -0.39 is 0 Å². The minimum absolute atomic E-state index is 0.241. The van der Waals surface area contributed by atoms with Crippen LogP contribution in [-0.4, -0.2) is 22.2 Å². The van der Waals surface area contributed by atoms with Crippen LogP contribution in [0.1, 0.15) is 31.5 Å². The number of hydrogen-bond acceptors (Lipinski definition) is 3. The van der Waals surface area contributed by atoms with Gasteiger partial charge in [0.1, 0.15) is 0 Å². The lowest BCUT2D eigenvalue weighted by Crippen LogP contribution is -2.23. The van der Waals surface area contributed by atoms with Gasteiger partial charge in [0.15, 0.2) is 0 Å². The maximum atomic E-state index is 10.5. The van der Waals surface area contributed by atoms with Gasteiger partial charge < -0.3 is 11.1 Å². The molecule has 5 heteroatoms. The molecule has 5 nitrogen and oxygen atoms in total. The van der Waals surface area contributed by atoms with E-state index >= 15 is 0 Å². The largest absolute Gasteiger partial charge is 0.370 e. The Morgan fingerprint density at radius 1 is 1.73 bits per heavy atom. The molecule has 84 valence electrons. The van der Waals surface area contributed by atoms with Gasteiger partial charge in [0, 0.05) is 25.7 Å². The number of hydrogen-bond donors (Lipinski definition) is 2. The molecular weight excluding hydrogens is 192 g/mol. The van der Waals surface area contributed by atoms with Crippen molar-refractivity contribution >= 4 is 5.91 Å². The molecular formula is C10H18N4O. The van der Waals surface area contributed by atoms with Crippen LogP contribution in [0.3, 0.4) is 0 Å². The number of nitrogens with zero attached hydrogens (tertiary/aromatic N) is 2. The molecule has 1 unspecified atom stereocenters. The summed E-state index contributed by atoms with van der Waals surface area (Å²) in [4.78, 5) is 10.5. The van der Waals surface area contributed by atoms with E-state index in [2.05, 4.69) is 17.3 Å². The van der Waals surface area contributed by atoms with Gasteiger partial charge in [-0.25, -0.2) is 0 Å². The molecule has 0 aliphatic carbocycles. The van der Waals surface area contributed by atoms with E-state index in [1.54, 1.807) is 6.20 Å². The highest BCUT2D eigenvalue weighted by Crippen LogP contribution is 2.09. The van der Waals surface area contributed by atoms with Gasteiger partial charge in [0.25, 0.3) is 0 Å². The van der Waals surface area contributed by atoms with Crippen molar-refractivity contribution in [2.45, 2.75) is 25.8 Å². The number of carbonyl (C=O) groups excluding carboxylic acids is 1. The SMILES string of the molecule is CC(NCCCC(N)=O)c1ccnn1C. The van der Waals surface area contributed by atoms with Crippen LogP contribution < -0.4 is 11.1 Å². The summed E-state index contributed by atoms with van der Waals surface area (Å²) in [5, 5.41) is 7.41. The zero-order valence-corrected chi connectivity index (χ0v) is 9.23. The summed E-state index contributed by atoms with van der Waals surface area (Å²) < 4.78 is 1.84. The molecule has 0 saturated carbocycles. The van der Waals surface area contributed by atoms with Crippen molar-refractivity contribution in [3.05, 3.63) is 18.0 Å². The number of amides is 1. The zero-order valence-electron chi connectivity index (χ0n) is 9.23. The van der Waals surface area contributed by atoms with Gasteiger partial charge in [0.05, 0.1) is 5.69 Å². The number of aromatic nitrogens is 2. The summed E-state index contributed by atoms with van der Waals surface area (Å²) in [6, 6.07) is 2.22.